The number of carbonyl (C=O) groups excluding carboxylic acids is 1. The molecule has 0 radical (unpaired) electrons. The summed E-state index contributed by atoms with van der Waals surface area (Å²) in [6.07, 6.45) is 15.5. The molecule has 7 nitrogen and oxygen atoms in total. The highest BCUT2D eigenvalue weighted by atomic mass is 16.5. The Balaban J connectivity index is 1.19. The van der Waals surface area contributed by atoms with Gasteiger partial charge in [-0.05, 0) is 119 Å². The molecule has 49 heavy (non-hydrogen) atoms. The van der Waals surface area contributed by atoms with E-state index in [1.54, 1.807) is 0 Å². The number of ether oxygens (including phenoxy) is 2. The monoisotopic (exact) mass is 683 g/mol. The first-order chi connectivity index (χ1) is 23.4. The lowest BCUT2D eigenvalue weighted by Gasteiger charge is -2.62. The third kappa shape index (κ3) is 5.54. The quantitative estimate of drug-likeness (QED) is 0.226. The number of hydrogen-bond acceptors (Lipinski definition) is 6. The molecule has 1 N–H and O–H groups in total. The largest absolute Gasteiger partial charge is 0.481 e. The van der Waals surface area contributed by atoms with Gasteiger partial charge in [-0.1, -0.05) is 66.7 Å². The number of aliphatic carboxylic acids is 1. The summed E-state index contributed by atoms with van der Waals surface area (Å²) in [6, 6.07) is 0.631. The molecule has 7 heteroatoms. The fraction of sp³-hybridized carbons (Fsp3) is 0.952. The normalized spacial score (nSPS) is 47.3. The van der Waals surface area contributed by atoms with E-state index in [2.05, 4.69) is 58.3 Å². The average molecular weight is 683 g/mol. The summed E-state index contributed by atoms with van der Waals surface area (Å²) in [5, 5.41) is 11.7. The van der Waals surface area contributed by atoms with E-state index in [0.29, 0.717) is 36.0 Å². The molecule has 4 saturated carbocycles. The van der Waals surface area contributed by atoms with Gasteiger partial charge < -0.3 is 24.3 Å². The van der Waals surface area contributed by atoms with Gasteiger partial charge in [0.2, 0.25) is 0 Å². The molecule has 3 saturated heterocycles. The van der Waals surface area contributed by atoms with Crippen LogP contribution in [0.1, 0.15) is 126 Å². The Kier molecular flexibility index (Phi) is 10.2. The first kappa shape index (κ1) is 36.3. The second kappa shape index (κ2) is 13.8. The minimum Gasteiger partial charge on any atom is -0.481 e. The molecular formula is C42H70N2O5. The lowest BCUT2D eigenvalue weighted by atomic mass is 9.40. The minimum absolute atomic E-state index is 0.00914. The first-order valence-electron chi connectivity index (χ1n) is 20.9. The van der Waals surface area contributed by atoms with Crippen LogP contribution in [-0.2, 0) is 19.1 Å². The lowest BCUT2D eigenvalue weighted by Crippen LogP contribution is -2.67. The van der Waals surface area contributed by atoms with Gasteiger partial charge >= 0.3 is 5.97 Å². The van der Waals surface area contributed by atoms with E-state index in [9.17, 15) is 14.7 Å². The van der Waals surface area contributed by atoms with Crippen LogP contribution < -0.4 is 0 Å². The first-order valence-corrected chi connectivity index (χ1v) is 20.9. The maximum absolute atomic E-state index is 14.3. The fourth-order valence-corrected chi connectivity index (χ4v) is 14.5. The van der Waals surface area contributed by atoms with Crippen molar-refractivity contribution in [1.82, 2.24) is 9.80 Å². The standard InChI is InChI=1S/C42H70N2O5/c1-8-27(4)35-21-41(33-19-36(26(2)3)42(41,39(46)47)40(20-33,25-45)30(35)7)38-18-32(17-31-11-9-10-12-31)37(49-38)24-43-15-13-34(14-16-43)44-22-28(5)48-29(6)23-44/h25-38H,8-24H2,1-7H3,(H,46,47)/t27-,28-,29+,30-,32?,33?,35-,36-,37?,38?,40?,41?,42?/m1/s1. The van der Waals surface area contributed by atoms with Crippen molar-refractivity contribution in [2.45, 2.75) is 156 Å². The number of hydrogen-bond donors (Lipinski definition) is 1. The van der Waals surface area contributed by atoms with Crippen LogP contribution in [0.2, 0.25) is 0 Å². The molecule has 0 aromatic rings. The number of likely N-dealkylation sites (tertiary alicyclic amines) is 1. The SMILES string of the molecule is CC[C@@H](C)[C@H]1CC2(C3CC(CC4CCCC4)C(CN4CCC(N5C[C@@H](C)O[C@@H](C)C5)CC4)O3)C3C[C@H](C(C)C)C2(C(=O)O)C(C=O)(C3)[C@@H]1C. The Labute approximate surface area is 298 Å². The van der Waals surface area contributed by atoms with Gasteiger partial charge in [-0.2, -0.15) is 0 Å². The predicted molar refractivity (Wildman–Crippen MR) is 193 cm³/mol. The average Bonchev–Trinajstić information content (AvgIpc) is 3.83. The maximum atomic E-state index is 14.3. The molecule has 7 rings (SSSR count). The van der Waals surface area contributed by atoms with E-state index < -0.39 is 22.2 Å². The summed E-state index contributed by atoms with van der Waals surface area (Å²) in [7, 11) is 0. The number of nitrogens with zero attached hydrogens (tertiary/aromatic N) is 2. The van der Waals surface area contributed by atoms with Crippen molar-refractivity contribution in [3.63, 3.8) is 0 Å². The second-order valence-electron chi connectivity index (χ2n) is 19.1. The zero-order valence-electron chi connectivity index (χ0n) is 32.1. The molecule has 3 heterocycles. The number of carbonyl (C=O) groups is 2. The Bertz CT molecular complexity index is 1190. The van der Waals surface area contributed by atoms with E-state index in [-0.39, 0.29) is 35.9 Å². The maximum Gasteiger partial charge on any atom is 0.311 e. The minimum atomic E-state index is -1.05. The predicted octanol–water partition coefficient (Wildman–Crippen LogP) is 7.55. The number of rotatable bonds is 11. The fourth-order valence-electron chi connectivity index (χ4n) is 14.5. The van der Waals surface area contributed by atoms with Gasteiger partial charge in [0.15, 0.2) is 0 Å². The highest BCUT2D eigenvalue weighted by Crippen LogP contribution is 2.85. The number of carboxylic acids is 1. The van der Waals surface area contributed by atoms with Crippen molar-refractivity contribution in [1.29, 1.82) is 0 Å². The van der Waals surface area contributed by atoms with Crippen molar-refractivity contribution >= 4 is 12.3 Å². The van der Waals surface area contributed by atoms with E-state index in [0.717, 1.165) is 70.7 Å². The van der Waals surface area contributed by atoms with Gasteiger partial charge in [0.05, 0.1) is 29.8 Å². The van der Waals surface area contributed by atoms with Crippen LogP contribution >= 0.6 is 0 Å². The van der Waals surface area contributed by atoms with Crippen LogP contribution in [-0.4, -0.2) is 90.3 Å². The van der Waals surface area contributed by atoms with E-state index in [4.69, 9.17) is 9.47 Å². The van der Waals surface area contributed by atoms with Crippen LogP contribution in [0.5, 0.6) is 0 Å². The van der Waals surface area contributed by atoms with Gasteiger partial charge in [0.1, 0.15) is 6.29 Å². The zero-order valence-corrected chi connectivity index (χ0v) is 32.1. The van der Waals surface area contributed by atoms with E-state index in [1.807, 2.05) is 0 Å². The molecule has 0 aromatic carbocycles. The molecule has 7 aliphatic rings. The summed E-state index contributed by atoms with van der Waals surface area (Å²) in [4.78, 5) is 33.3. The number of carboxylic acid groups (broad SMARTS) is 1. The van der Waals surface area contributed by atoms with Crippen LogP contribution in [0.4, 0.5) is 0 Å². The summed E-state index contributed by atoms with van der Waals surface area (Å²) < 4.78 is 13.6. The van der Waals surface area contributed by atoms with Crippen LogP contribution in [0.3, 0.4) is 0 Å². The third-order valence-electron chi connectivity index (χ3n) is 16.7. The topological polar surface area (TPSA) is 79.3 Å². The molecule has 4 aliphatic carbocycles. The molecule has 4 bridgehead atoms. The van der Waals surface area contributed by atoms with Crippen molar-refractivity contribution < 1.29 is 24.2 Å². The van der Waals surface area contributed by atoms with Crippen molar-refractivity contribution in [2.24, 2.45) is 63.6 Å². The van der Waals surface area contributed by atoms with Gasteiger partial charge in [-0.3, -0.25) is 9.69 Å². The summed E-state index contributed by atoms with van der Waals surface area (Å²) in [5.74, 6) is 1.89. The number of piperidine rings is 1. The highest BCUT2D eigenvalue weighted by molar-refractivity contribution is 5.86. The molecule has 0 amide bonds. The Morgan fingerprint density at radius 2 is 1.63 bits per heavy atom. The van der Waals surface area contributed by atoms with Crippen LogP contribution in [0, 0.1) is 63.6 Å². The van der Waals surface area contributed by atoms with Crippen LogP contribution in [0.25, 0.3) is 0 Å². The van der Waals surface area contributed by atoms with Crippen molar-refractivity contribution in [3.05, 3.63) is 0 Å². The number of aldehydes is 1. The smallest absolute Gasteiger partial charge is 0.311 e. The second-order valence-corrected chi connectivity index (χ2v) is 19.1. The van der Waals surface area contributed by atoms with Gasteiger partial charge in [0.25, 0.3) is 0 Å². The molecule has 13 atom stereocenters. The van der Waals surface area contributed by atoms with Crippen molar-refractivity contribution in [2.75, 3.05) is 32.7 Å². The third-order valence-corrected chi connectivity index (χ3v) is 16.7. The Morgan fingerprint density at radius 3 is 2.22 bits per heavy atom. The van der Waals surface area contributed by atoms with Gasteiger partial charge in [-0.15, -0.1) is 0 Å². The Hall–Kier alpha value is -1.02. The summed E-state index contributed by atoms with van der Waals surface area (Å²) in [6.45, 7) is 21.0. The highest BCUT2D eigenvalue weighted by Gasteiger charge is 2.87. The zero-order chi connectivity index (χ0) is 34.9. The summed E-state index contributed by atoms with van der Waals surface area (Å²) >= 11 is 0. The molecule has 3 aliphatic heterocycles. The summed E-state index contributed by atoms with van der Waals surface area (Å²) in [5.41, 5.74) is -2.34. The molecule has 7 unspecified atom stereocenters. The van der Waals surface area contributed by atoms with Crippen molar-refractivity contribution in [3.8, 4) is 0 Å². The molecule has 0 aromatic heterocycles. The molecule has 7 fully saturated rings. The van der Waals surface area contributed by atoms with E-state index in [1.165, 1.54) is 51.2 Å². The lowest BCUT2D eigenvalue weighted by molar-refractivity contribution is -0.218. The van der Waals surface area contributed by atoms with Gasteiger partial charge in [-0.25, -0.2) is 0 Å². The molecule has 0 spiro atoms. The van der Waals surface area contributed by atoms with E-state index >= 15 is 0 Å². The van der Waals surface area contributed by atoms with Gasteiger partial charge in [0, 0.05) is 36.5 Å². The van der Waals surface area contributed by atoms with Crippen LogP contribution in [0.15, 0.2) is 0 Å². The Morgan fingerprint density at radius 1 is 0.959 bits per heavy atom. The molecular weight excluding hydrogens is 612 g/mol. The number of morpholine rings is 1. The molecule has 278 valence electrons.